The number of nitrogens with zero attached hydrogens (tertiary/aromatic N) is 3. The average Bonchev–Trinajstić information content (AvgIpc) is 2.95. The maximum absolute atomic E-state index is 12.1. The van der Waals surface area contributed by atoms with Crippen molar-refractivity contribution < 1.29 is 4.79 Å². The minimum atomic E-state index is -0.126. The van der Waals surface area contributed by atoms with E-state index in [0.717, 1.165) is 29.7 Å². The fraction of sp³-hybridized carbons (Fsp3) is 0.357. The lowest BCUT2D eigenvalue weighted by Crippen LogP contribution is -2.46. The molecule has 1 amide bonds. The van der Waals surface area contributed by atoms with Crippen molar-refractivity contribution in [2.75, 3.05) is 23.4 Å². The van der Waals surface area contributed by atoms with Crippen molar-refractivity contribution in [3.05, 3.63) is 36.5 Å². The molecule has 0 saturated carbocycles. The molecular formula is C14H17N5OS. The van der Waals surface area contributed by atoms with Gasteiger partial charge < -0.3 is 10.6 Å². The number of carbonyl (C=O) groups excluding carboxylic acids is 1. The van der Waals surface area contributed by atoms with Crippen molar-refractivity contribution in [1.29, 1.82) is 0 Å². The van der Waals surface area contributed by atoms with E-state index in [1.165, 1.54) is 0 Å². The van der Waals surface area contributed by atoms with E-state index in [-0.39, 0.29) is 11.9 Å². The molecule has 1 atom stereocenters. The normalized spacial score (nSPS) is 18.4. The highest BCUT2D eigenvalue weighted by Gasteiger charge is 2.20. The lowest BCUT2D eigenvalue weighted by atomic mass is 10.3. The van der Waals surface area contributed by atoms with Crippen molar-refractivity contribution >= 4 is 23.4 Å². The fourth-order valence-corrected chi connectivity index (χ4v) is 3.12. The zero-order valence-electron chi connectivity index (χ0n) is 11.7. The first kappa shape index (κ1) is 14.1. The van der Waals surface area contributed by atoms with Crippen LogP contribution in [0.15, 0.2) is 30.7 Å². The molecule has 0 bridgehead atoms. The molecule has 1 aliphatic heterocycles. The molecule has 1 unspecified atom stereocenters. The minimum absolute atomic E-state index is 0.00411. The summed E-state index contributed by atoms with van der Waals surface area (Å²) in [6, 6.07) is 3.60. The Morgan fingerprint density at radius 2 is 2.38 bits per heavy atom. The van der Waals surface area contributed by atoms with E-state index >= 15 is 0 Å². The lowest BCUT2D eigenvalue weighted by molar-refractivity contribution is -0.117. The molecule has 1 aliphatic rings. The molecule has 6 nitrogen and oxygen atoms in total. The van der Waals surface area contributed by atoms with Gasteiger partial charge >= 0.3 is 0 Å². The van der Waals surface area contributed by atoms with Gasteiger partial charge in [0.05, 0.1) is 17.9 Å². The summed E-state index contributed by atoms with van der Waals surface area (Å²) in [7, 11) is 0. The SMILES string of the molecule is Cc1nccn1-c1ccc(NC(=O)C2CSCCN2)cn1. The van der Waals surface area contributed by atoms with E-state index in [0.29, 0.717) is 5.69 Å². The number of aryl methyl sites for hydroxylation is 1. The van der Waals surface area contributed by atoms with Gasteiger partial charge in [-0.25, -0.2) is 9.97 Å². The fourth-order valence-electron chi connectivity index (χ4n) is 2.19. The van der Waals surface area contributed by atoms with Gasteiger partial charge in [0.25, 0.3) is 0 Å². The van der Waals surface area contributed by atoms with Gasteiger partial charge in [-0.3, -0.25) is 9.36 Å². The van der Waals surface area contributed by atoms with Gasteiger partial charge in [-0.15, -0.1) is 0 Å². The van der Waals surface area contributed by atoms with Crippen LogP contribution in [0.5, 0.6) is 0 Å². The molecule has 2 aromatic rings. The number of thioether (sulfide) groups is 1. The number of imidazole rings is 1. The summed E-state index contributed by atoms with van der Waals surface area (Å²) in [5, 5.41) is 6.11. The molecule has 0 aliphatic carbocycles. The van der Waals surface area contributed by atoms with E-state index in [2.05, 4.69) is 20.6 Å². The third kappa shape index (κ3) is 3.25. The summed E-state index contributed by atoms with van der Waals surface area (Å²) < 4.78 is 1.89. The van der Waals surface area contributed by atoms with Crippen molar-refractivity contribution in [2.45, 2.75) is 13.0 Å². The van der Waals surface area contributed by atoms with Crippen molar-refractivity contribution in [3.63, 3.8) is 0 Å². The number of amides is 1. The van der Waals surface area contributed by atoms with Crippen molar-refractivity contribution in [2.24, 2.45) is 0 Å². The van der Waals surface area contributed by atoms with Gasteiger partial charge in [0, 0.05) is 30.4 Å². The summed E-state index contributed by atoms with van der Waals surface area (Å²) in [4.78, 5) is 20.6. The van der Waals surface area contributed by atoms with Gasteiger partial charge in [-0.1, -0.05) is 0 Å². The van der Waals surface area contributed by atoms with Crippen LogP contribution < -0.4 is 10.6 Å². The van der Waals surface area contributed by atoms with E-state index in [9.17, 15) is 4.79 Å². The molecule has 7 heteroatoms. The van der Waals surface area contributed by atoms with Crippen LogP contribution in [0, 0.1) is 6.92 Å². The quantitative estimate of drug-likeness (QED) is 0.892. The summed E-state index contributed by atoms with van der Waals surface area (Å²) in [5.74, 6) is 3.53. The first-order valence-corrected chi connectivity index (χ1v) is 7.98. The highest BCUT2D eigenvalue weighted by Crippen LogP contribution is 2.13. The summed E-state index contributed by atoms with van der Waals surface area (Å²) in [5.41, 5.74) is 0.707. The van der Waals surface area contributed by atoms with Gasteiger partial charge in [0.15, 0.2) is 0 Å². The Balaban J connectivity index is 1.67. The van der Waals surface area contributed by atoms with Gasteiger partial charge in [0.1, 0.15) is 11.6 Å². The largest absolute Gasteiger partial charge is 0.323 e. The number of pyridine rings is 1. The second kappa shape index (κ2) is 6.28. The highest BCUT2D eigenvalue weighted by molar-refractivity contribution is 7.99. The Morgan fingerprint density at radius 3 is 3.00 bits per heavy atom. The Bertz CT molecular complexity index is 619. The third-order valence-electron chi connectivity index (χ3n) is 3.33. The number of carbonyl (C=O) groups is 1. The van der Waals surface area contributed by atoms with Crippen LogP contribution in [0.2, 0.25) is 0 Å². The average molecular weight is 303 g/mol. The number of nitrogens with one attached hydrogen (secondary N) is 2. The molecule has 2 aromatic heterocycles. The van der Waals surface area contributed by atoms with Crippen LogP contribution in [-0.4, -0.2) is 44.5 Å². The highest BCUT2D eigenvalue weighted by atomic mass is 32.2. The maximum atomic E-state index is 12.1. The zero-order chi connectivity index (χ0) is 14.7. The summed E-state index contributed by atoms with van der Waals surface area (Å²) >= 11 is 1.79. The first-order valence-electron chi connectivity index (χ1n) is 6.82. The number of hydrogen-bond donors (Lipinski definition) is 2. The van der Waals surface area contributed by atoms with Crippen LogP contribution in [0.3, 0.4) is 0 Å². The minimum Gasteiger partial charge on any atom is -0.323 e. The van der Waals surface area contributed by atoms with Crippen LogP contribution in [-0.2, 0) is 4.79 Å². The second-order valence-corrected chi connectivity index (χ2v) is 5.97. The van der Waals surface area contributed by atoms with Gasteiger partial charge in [-0.2, -0.15) is 11.8 Å². The number of hydrogen-bond acceptors (Lipinski definition) is 5. The molecule has 3 rings (SSSR count). The second-order valence-electron chi connectivity index (χ2n) is 4.82. The summed E-state index contributed by atoms with van der Waals surface area (Å²) in [6.45, 7) is 2.80. The van der Waals surface area contributed by atoms with Crippen molar-refractivity contribution in [3.8, 4) is 5.82 Å². The van der Waals surface area contributed by atoms with Gasteiger partial charge in [0.2, 0.25) is 5.91 Å². The topological polar surface area (TPSA) is 71.8 Å². The molecule has 2 N–H and O–H groups in total. The van der Waals surface area contributed by atoms with Gasteiger partial charge in [-0.05, 0) is 19.1 Å². The lowest BCUT2D eigenvalue weighted by Gasteiger charge is -2.22. The molecule has 0 aromatic carbocycles. The van der Waals surface area contributed by atoms with E-state index < -0.39 is 0 Å². The molecule has 1 saturated heterocycles. The predicted octanol–water partition coefficient (Wildman–Crippen LogP) is 1.22. The molecule has 21 heavy (non-hydrogen) atoms. The Labute approximate surface area is 127 Å². The zero-order valence-corrected chi connectivity index (χ0v) is 12.6. The van der Waals surface area contributed by atoms with Crippen LogP contribution >= 0.6 is 11.8 Å². The van der Waals surface area contributed by atoms with Crippen molar-refractivity contribution in [1.82, 2.24) is 19.9 Å². The van der Waals surface area contributed by atoms with E-state index in [1.807, 2.05) is 29.8 Å². The molecule has 0 radical (unpaired) electrons. The number of aromatic nitrogens is 3. The third-order valence-corrected chi connectivity index (χ3v) is 4.39. The predicted molar refractivity (Wildman–Crippen MR) is 83.8 cm³/mol. The molecule has 110 valence electrons. The molecule has 3 heterocycles. The Morgan fingerprint density at radius 1 is 1.48 bits per heavy atom. The first-order chi connectivity index (χ1) is 10.2. The van der Waals surface area contributed by atoms with E-state index in [4.69, 9.17) is 0 Å². The van der Waals surface area contributed by atoms with Crippen LogP contribution in [0.25, 0.3) is 5.82 Å². The Kier molecular flexibility index (Phi) is 4.21. The van der Waals surface area contributed by atoms with Crippen LogP contribution in [0.1, 0.15) is 5.82 Å². The Hall–Kier alpha value is -1.86. The molecular weight excluding hydrogens is 286 g/mol. The standard InChI is InChI=1S/C14H17N5OS/c1-10-15-4-6-19(10)13-3-2-11(8-17-13)18-14(20)12-9-21-7-5-16-12/h2-4,6,8,12,16H,5,7,9H2,1H3,(H,18,20). The maximum Gasteiger partial charge on any atom is 0.242 e. The smallest absolute Gasteiger partial charge is 0.242 e. The summed E-state index contributed by atoms with van der Waals surface area (Å²) in [6.07, 6.45) is 5.26. The number of rotatable bonds is 3. The monoisotopic (exact) mass is 303 g/mol. The number of anilines is 1. The van der Waals surface area contributed by atoms with E-state index in [1.54, 1.807) is 24.2 Å². The molecule has 0 spiro atoms. The van der Waals surface area contributed by atoms with Crippen LogP contribution in [0.4, 0.5) is 5.69 Å². The molecule has 1 fully saturated rings.